The van der Waals surface area contributed by atoms with E-state index < -0.39 is 0 Å². The maximum atomic E-state index is 13.7. The summed E-state index contributed by atoms with van der Waals surface area (Å²) in [6.45, 7) is 2.28. The lowest BCUT2D eigenvalue weighted by Gasteiger charge is -2.12. The van der Waals surface area contributed by atoms with Crippen molar-refractivity contribution in [3.63, 3.8) is 0 Å². The van der Waals surface area contributed by atoms with E-state index in [1.54, 1.807) is 24.4 Å². The minimum Gasteiger partial charge on any atom is -0.486 e. The van der Waals surface area contributed by atoms with Crippen LogP contribution in [-0.2, 0) is 13.0 Å². The number of benzene rings is 3. The summed E-state index contributed by atoms with van der Waals surface area (Å²) in [5.41, 5.74) is 3.62. The molecule has 0 aliphatic rings. The van der Waals surface area contributed by atoms with Gasteiger partial charge in [0, 0.05) is 11.8 Å². The number of halogens is 3. The van der Waals surface area contributed by atoms with Gasteiger partial charge in [-0.05, 0) is 79.7 Å². The Labute approximate surface area is 175 Å². The first-order valence-corrected chi connectivity index (χ1v) is 10.1. The van der Waals surface area contributed by atoms with Gasteiger partial charge in [-0.2, -0.15) is 0 Å². The fraction of sp³-hybridized carbons (Fsp3) is 0.136. The molecular formula is C22H18Br2FNO. The second kappa shape index (κ2) is 9.29. The average Bonchev–Trinajstić information content (AvgIpc) is 2.67. The zero-order chi connectivity index (χ0) is 19.2. The summed E-state index contributed by atoms with van der Waals surface area (Å²) in [6, 6.07) is 18.6. The molecule has 0 radical (unpaired) electrons. The molecule has 0 unspecified atom stereocenters. The number of hydrogen-bond donors (Lipinski definition) is 0. The van der Waals surface area contributed by atoms with Gasteiger partial charge in [0.05, 0.1) is 14.6 Å². The smallest absolute Gasteiger partial charge is 0.148 e. The van der Waals surface area contributed by atoms with Crippen molar-refractivity contribution in [2.24, 2.45) is 4.99 Å². The van der Waals surface area contributed by atoms with Crippen molar-refractivity contribution < 1.29 is 9.13 Å². The fourth-order valence-electron chi connectivity index (χ4n) is 2.52. The molecular weight excluding hydrogens is 473 g/mol. The van der Waals surface area contributed by atoms with E-state index in [1.165, 1.54) is 11.6 Å². The fourth-order valence-corrected chi connectivity index (χ4v) is 3.97. The molecule has 0 heterocycles. The van der Waals surface area contributed by atoms with Crippen LogP contribution in [0.15, 0.2) is 74.6 Å². The van der Waals surface area contributed by atoms with Crippen molar-refractivity contribution in [2.75, 3.05) is 0 Å². The predicted molar refractivity (Wildman–Crippen MR) is 116 cm³/mol. The minimum atomic E-state index is -0.275. The van der Waals surface area contributed by atoms with Crippen LogP contribution >= 0.6 is 31.9 Å². The zero-order valence-electron chi connectivity index (χ0n) is 14.8. The highest BCUT2D eigenvalue weighted by atomic mass is 79.9. The van der Waals surface area contributed by atoms with Crippen molar-refractivity contribution in [1.29, 1.82) is 0 Å². The molecule has 0 fully saturated rings. The van der Waals surface area contributed by atoms with Crippen LogP contribution < -0.4 is 4.74 Å². The highest BCUT2D eigenvalue weighted by molar-refractivity contribution is 9.11. The van der Waals surface area contributed by atoms with Crippen LogP contribution in [0, 0.1) is 5.82 Å². The Balaban J connectivity index is 1.74. The summed E-state index contributed by atoms with van der Waals surface area (Å²) in [5.74, 6) is 0.352. The van der Waals surface area contributed by atoms with Gasteiger partial charge in [-0.25, -0.2) is 4.39 Å². The molecule has 3 rings (SSSR count). The van der Waals surface area contributed by atoms with Crippen molar-refractivity contribution in [3.05, 3.63) is 92.1 Å². The molecule has 0 N–H and O–H groups in total. The Kier molecular flexibility index (Phi) is 6.80. The molecule has 0 aliphatic carbocycles. The zero-order valence-corrected chi connectivity index (χ0v) is 17.9. The number of rotatable bonds is 6. The van der Waals surface area contributed by atoms with E-state index in [0.29, 0.717) is 11.3 Å². The molecule has 138 valence electrons. The van der Waals surface area contributed by atoms with Crippen LogP contribution in [0.1, 0.15) is 23.6 Å². The molecule has 0 atom stereocenters. The lowest BCUT2D eigenvalue weighted by Crippen LogP contribution is -2.00. The molecule has 0 aromatic heterocycles. The molecule has 2 nitrogen and oxygen atoms in total. The molecule has 0 spiro atoms. The van der Waals surface area contributed by atoms with Gasteiger partial charge in [0.15, 0.2) is 0 Å². The number of hydrogen-bond acceptors (Lipinski definition) is 2. The van der Waals surface area contributed by atoms with E-state index in [0.717, 1.165) is 26.6 Å². The monoisotopic (exact) mass is 489 g/mol. The quantitative estimate of drug-likeness (QED) is 0.333. The van der Waals surface area contributed by atoms with Crippen molar-refractivity contribution in [2.45, 2.75) is 20.0 Å². The summed E-state index contributed by atoms with van der Waals surface area (Å²) in [7, 11) is 0. The van der Waals surface area contributed by atoms with Gasteiger partial charge < -0.3 is 4.74 Å². The third kappa shape index (κ3) is 5.27. The average molecular weight is 491 g/mol. The van der Waals surface area contributed by atoms with Crippen LogP contribution in [0.2, 0.25) is 0 Å². The van der Waals surface area contributed by atoms with E-state index >= 15 is 0 Å². The Morgan fingerprint density at radius 3 is 2.30 bits per heavy atom. The number of aliphatic imine (C=N–C) groups is 1. The second-order valence-electron chi connectivity index (χ2n) is 5.97. The second-order valence-corrected chi connectivity index (χ2v) is 7.68. The van der Waals surface area contributed by atoms with Gasteiger partial charge in [0.2, 0.25) is 0 Å². The number of nitrogens with zero attached hydrogens (tertiary/aromatic N) is 1. The summed E-state index contributed by atoms with van der Waals surface area (Å²) in [6.07, 6.45) is 2.81. The van der Waals surface area contributed by atoms with Crippen LogP contribution in [0.5, 0.6) is 5.75 Å². The van der Waals surface area contributed by atoms with Crippen LogP contribution in [0.3, 0.4) is 0 Å². The standard InChI is InChI=1S/C22H18Br2FNO/c1-2-15-7-9-18(10-8-15)26-13-16-11-19(23)22(20(24)12-16)27-14-17-5-3-4-6-21(17)25/h3-13H,2,14H2,1H3. The Morgan fingerprint density at radius 1 is 1.00 bits per heavy atom. The highest BCUT2D eigenvalue weighted by Crippen LogP contribution is 2.35. The van der Waals surface area contributed by atoms with Crippen molar-refractivity contribution >= 4 is 43.8 Å². The van der Waals surface area contributed by atoms with Crippen molar-refractivity contribution in [3.8, 4) is 5.75 Å². The van der Waals surface area contributed by atoms with E-state index in [-0.39, 0.29) is 12.4 Å². The molecule has 0 saturated heterocycles. The molecule has 0 aliphatic heterocycles. The summed E-state index contributed by atoms with van der Waals surface area (Å²) in [4.78, 5) is 4.51. The summed E-state index contributed by atoms with van der Waals surface area (Å²) >= 11 is 7.05. The Morgan fingerprint density at radius 2 is 1.67 bits per heavy atom. The number of ether oxygens (including phenoxy) is 1. The lowest BCUT2D eigenvalue weighted by molar-refractivity contribution is 0.296. The molecule has 27 heavy (non-hydrogen) atoms. The topological polar surface area (TPSA) is 21.6 Å². The van der Waals surface area contributed by atoms with Gasteiger partial charge in [-0.15, -0.1) is 0 Å². The van der Waals surface area contributed by atoms with Gasteiger partial charge in [0.25, 0.3) is 0 Å². The SMILES string of the molecule is CCc1ccc(N=Cc2cc(Br)c(OCc3ccccc3F)c(Br)c2)cc1. The minimum absolute atomic E-state index is 0.154. The summed E-state index contributed by atoms with van der Waals surface area (Å²) in [5, 5.41) is 0. The van der Waals surface area contributed by atoms with Gasteiger partial charge in [0.1, 0.15) is 18.2 Å². The molecule has 3 aromatic rings. The molecule has 5 heteroatoms. The largest absolute Gasteiger partial charge is 0.486 e. The first-order chi connectivity index (χ1) is 13.1. The maximum Gasteiger partial charge on any atom is 0.148 e. The number of aryl methyl sites for hydroxylation is 1. The lowest BCUT2D eigenvalue weighted by atomic mass is 10.1. The van der Waals surface area contributed by atoms with E-state index in [4.69, 9.17) is 4.74 Å². The van der Waals surface area contributed by atoms with Gasteiger partial charge >= 0.3 is 0 Å². The Hall–Kier alpha value is -1.98. The first kappa shape index (κ1) is 19.8. The van der Waals surface area contributed by atoms with Gasteiger partial charge in [-0.3, -0.25) is 4.99 Å². The highest BCUT2D eigenvalue weighted by Gasteiger charge is 2.10. The van der Waals surface area contributed by atoms with E-state index in [2.05, 4.69) is 55.9 Å². The van der Waals surface area contributed by atoms with Crippen LogP contribution in [0.4, 0.5) is 10.1 Å². The molecule has 0 saturated carbocycles. The third-order valence-electron chi connectivity index (χ3n) is 4.06. The molecule has 3 aromatic carbocycles. The molecule has 0 amide bonds. The normalized spacial score (nSPS) is 11.1. The first-order valence-electron chi connectivity index (χ1n) is 8.55. The Bertz CT molecular complexity index is 932. The van der Waals surface area contributed by atoms with Crippen LogP contribution in [-0.4, -0.2) is 6.21 Å². The van der Waals surface area contributed by atoms with E-state index in [1.807, 2.05) is 24.3 Å². The van der Waals surface area contributed by atoms with Crippen LogP contribution in [0.25, 0.3) is 0 Å². The molecule has 0 bridgehead atoms. The summed E-state index contributed by atoms with van der Waals surface area (Å²) < 4.78 is 21.1. The van der Waals surface area contributed by atoms with E-state index in [9.17, 15) is 4.39 Å². The predicted octanol–water partition coefficient (Wildman–Crippen LogP) is 7.24. The van der Waals surface area contributed by atoms with Crippen molar-refractivity contribution in [1.82, 2.24) is 0 Å². The maximum absolute atomic E-state index is 13.7. The third-order valence-corrected chi connectivity index (χ3v) is 5.24. The van der Waals surface area contributed by atoms with Gasteiger partial charge in [-0.1, -0.05) is 37.3 Å².